The zero-order valence-corrected chi connectivity index (χ0v) is 16.2. The summed E-state index contributed by atoms with van der Waals surface area (Å²) in [5.74, 6) is 0.187. The van der Waals surface area contributed by atoms with Crippen LogP contribution >= 0.6 is 22.9 Å². The first-order valence-electron chi connectivity index (χ1n) is 8.33. The number of hydrogen-bond donors (Lipinski definition) is 1. The molecule has 1 aliphatic heterocycles. The first kappa shape index (κ1) is 17.3. The molecule has 1 amide bonds. The van der Waals surface area contributed by atoms with E-state index < -0.39 is 10.0 Å². The van der Waals surface area contributed by atoms with E-state index in [0.29, 0.717) is 34.3 Å². The Hall–Kier alpha value is -1.15. The van der Waals surface area contributed by atoms with Crippen LogP contribution in [0.25, 0.3) is 10.1 Å². The first-order chi connectivity index (χ1) is 11.8. The maximum Gasteiger partial charge on any atom is 0.242 e. The molecule has 1 aromatic carbocycles. The largest absolute Gasteiger partial charge is 0.339 e. The van der Waals surface area contributed by atoms with E-state index in [1.807, 2.05) is 11.0 Å². The Morgan fingerprint density at radius 2 is 2.12 bits per heavy atom. The summed E-state index contributed by atoms with van der Waals surface area (Å²) in [7, 11) is -3.65. The van der Waals surface area contributed by atoms with Crippen molar-refractivity contribution in [2.75, 3.05) is 13.1 Å². The highest BCUT2D eigenvalue weighted by atomic mass is 35.5. The van der Waals surface area contributed by atoms with Crippen molar-refractivity contribution in [2.24, 2.45) is 5.92 Å². The van der Waals surface area contributed by atoms with Gasteiger partial charge in [0.05, 0.1) is 0 Å². The van der Waals surface area contributed by atoms with Crippen LogP contribution in [0.3, 0.4) is 0 Å². The number of carbonyl (C=O) groups is 1. The molecule has 1 saturated carbocycles. The highest BCUT2D eigenvalue weighted by Gasteiger charge is 2.39. The van der Waals surface area contributed by atoms with Gasteiger partial charge < -0.3 is 4.90 Å². The third kappa shape index (κ3) is 3.30. The standard InChI is InChI=1S/C17H19ClN2O3S2/c1-10-17(14-7-12(18)2-5-15(14)24-10)25(22,23)19-8-11-6-16(21)20(9-11)13-3-4-13/h2,5,7,11,13,19H,3-4,6,8-9H2,1H3. The molecule has 2 fully saturated rings. The number of sulfonamides is 1. The van der Waals surface area contributed by atoms with Gasteiger partial charge in [-0.3, -0.25) is 4.79 Å². The second-order valence-corrected chi connectivity index (χ2v) is 10.2. The number of benzene rings is 1. The summed E-state index contributed by atoms with van der Waals surface area (Å²) in [6.45, 7) is 2.75. The lowest BCUT2D eigenvalue weighted by Gasteiger charge is -2.15. The average molecular weight is 399 g/mol. The molecule has 0 spiro atoms. The van der Waals surface area contributed by atoms with E-state index in [1.54, 1.807) is 19.1 Å². The summed E-state index contributed by atoms with van der Waals surface area (Å²) in [6, 6.07) is 5.69. The molecule has 2 aromatic rings. The number of fused-ring (bicyclic) bond motifs is 1. The number of carbonyl (C=O) groups excluding carboxylic acids is 1. The Labute approximate surface area is 156 Å². The number of nitrogens with one attached hydrogen (secondary N) is 1. The van der Waals surface area contributed by atoms with E-state index in [2.05, 4.69) is 4.72 Å². The molecule has 25 heavy (non-hydrogen) atoms. The fourth-order valence-corrected chi connectivity index (χ4v) is 6.55. The number of halogens is 1. The van der Waals surface area contributed by atoms with E-state index in [1.165, 1.54) is 11.3 Å². The summed E-state index contributed by atoms with van der Waals surface area (Å²) in [5.41, 5.74) is 0. The number of amides is 1. The molecular formula is C17H19ClN2O3S2. The molecule has 0 radical (unpaired) electrons. The topological polar surface area (TPSA) is 66.5 Å². The Balaban J connectivity index is 1.53. The summed E-state index contributed by atoms with van der Waals surface area (Å²) in [4.78, 5) is 15.0. The number of likely N-dealkylation sites (tertiary alicyclic amines) is 1. The van der Waals surface area contributed by atoms with Crippen LogP contribution in [0.1, 0.15) is 24.1 Å². The second-order valence-electron chi connectivity index (χ2n) is 6.83. The van der Waals surface area contributed by atoms with Crippen molar-refractivity contribution < 1.29 is 13.2 Å². The van der Waals surface area contributed by atoms with Crippen LogP contribution in [0.5, 0.6) is 0 Å². The zero-order chi connectivity index (χ0) is 17.8. The molecule has 1 unspecified atom stereocenters. The molecule has 1 saturated heterocycles. The molecule has 1 atom stereocenters. The molecular weight excluding hydrogens is 380 g/mol. The van der Waals surface area contributed by atoms with Gasteiger partial charge in [0.2, 0.25) is 15.9 Å². The molecule has 1 aliphatic carbocycles. The van der Waals surface area contributed by atoms with Gasteiger partial charge >= 0.3 is 0 Å². The molecule has 2 aliphatic rings. The Kier molecular flexibility index (Phi) is 4.30. The summed E-state index contributed by atoms with van der Waals surface area (Å²) >= 11 is 7.49. The van der Waals surface area contributed by atoms with Gasteiger partial charge in [-0.05, 0) is 43.9 Å². The van der Waals surface area contributed by atoms with Crippen molar-refractivity contribution >= 4 is 49.0 Å². The lowest BCUT2D eigenvalue weighted by Crippen LogP contribution is -2.32. The van der Waals surface area contributed by atoms with Crippen LogP contribution in [-0.2, 0) is 14.8 Å². The predicted molar refractivity (Wildman–Crippen MR) is 99.6 cm³/mol. The quantitative estimate of drug-likeness (QED) is 0.841. The molecule has 0 bridgehead atoms. The van der Waals surface area contributed by atoms with E-state index in [0.717, 1.165) is 22.4 Å². The number of thiophene rings is 1. The highest BCUT2D eigenvalue weighted by Crippen LogP contribution is 2.36. The fourth-order valence-electron chi connectivity index (χ4n) is 3.49. The zero-order valence-electron chi connectivity index (χ0n) is 13.8. The van der Waals surface area contributed by atoms with Gasteiger partial charge in [0, 0.05) is 45.5 Å². The second kappa shape index (κ2) is 6.23. The van der Waals surface area contributed by atoms with Crippen molar-refractivity contribution in [3.8, 4) is 0 Å². The van der Waals surface area contributed by atoms with Crippen LogP contribution in [0.4, 0.5) is 0 Å². The maximum absolute atomic E-state index is 12.9. The van der Waals surface area contributed by atoms with Gasteiger partial charge in [0.25, 0.3) is 0 Å². The molecule has 2 heterocycles. The van der Waals surface area contributed by atoms with E-state index in [4.69, 9.17) is 11.6 Å². The smallest absolute Gasteiger partial charge is 0.242 e. The molecule has 1 aromatic heterocycles. The lowest BCUT2D eigenvalue weighted by molar-refractivity contribution is -0.128. The van der Waals surface area contributed by atoms with Gasteiger partial charge in [0.1, 0.15) is 4.90 Å². The first-order valence-corrected chi connectivity index (χ1v) is 11.0. The van der Waals surface area contributed by atoms with Gasteiger partial charge in [0.15, 0.2) is 0 Å². The van der Waals surface area contributed by atoms with Gasteiger partial charge in [-0.25, -0.2) is 13.1 Å². The normalized spacial score (nSPS) is 21.4. The number of nitrogens with zero attached hydrogens (tertiary/aromatic N) is 1. The Bertz CT molecular complexity index is 950. The third-order valence-corrected chi connectivity index (χ3v) is 7.89. The SMILES string of the molecule is Cc1sc2ccc(Cl)cc2c1S(=O)(=O)NCC1CC(=O)N(C2CC2)C1. The molecule has 134 valence electrons. The van der Waals surface area contributed by atoms with Crippen LogP contribution in [-0.4, -0.2) is 38.4 Å². The van der Waals surface area contributed by atoms with Crippen molar-refractivity contribution in [3.63, 3.8) is 0 Å². The Morgan fingerprint density at radius 3 is 2.84 bits per heavy atom. The van der Waals surface area contributed by atoms with Gasteiger partial charge in [-0.15, -0.1) is 11.3 Å². The highest BCUT2D eigenvalue weighted by molar-refractivity contribution is 7.90. The van der Waals surface area contributed by atoms with Crippen LogP contribution in [0.2, 0.25) is 5.02 Å². The average Bonchev–Trinajstić information content (AvgIpc) is 3.23. The minimum absolute atomic E-state index is 0.0386. The van der Waals surface area contributed by atoms with Crippen LogP contribution in [0, 0.1) is 12.8 Å². The minimum Gasteiger partial charge on any atom is -0.339 e. The fraction of sp³-hybridized carbons (Fsp3) is 0.471. The van der Waals surface area contributed by atoms with Gasteiger partial charge in [-0.2, -0.15) is 0 Å². The summed E-state index contributed by atoms with van der Waals surface area (Å²) < 4.78 is 29.3. The van der Waals surface area contributed by atoms with E-state index in [9.17, 15) is 13.2 Å². The number of rotatable bonds is 5. The van der Waals surface area contributed by atoms with Crippen molar-refractivity contribution in [3.05, 3.63) is 28.1 Å². The van der Waals surface area contributed by atoms with Crippen molar-refractivity contribution in [1.29, 1.82) is 0 Å². The van der Waals surface area contributed by atoms with Crippen LogP contribution < -0.4 is 4.72 Å². The molecule has 4 rings (SSSR count). The van der Waals surface area contributed by atoms with Gasteiger partial charge in [-0.1, -0.05) is 11.6 Å². The van der Waals surface area contributed by atoms with E-state index >= 15 is 0 Å². The van der Waals surface area contributed by atoms with Crippen molar-refractivity contribution in [2.45, 2.75) is 37.1 Å². The van der Waals surface area contributed by atoms with Crippen LogP contribution in [0.15, 0.2) is 23.1 Å². The monoisotopic (exact) mass is 398 g/mol. The number of aryl methyl sites for hydroxylation is 1. The summed E-state index contributed by atoms with van der Waals surface area (Å²) in [6.07, 6.45) is 2.57. The Morgan fingerprint density at radius 1 is 1.36 bits per heavy atom. The molecule has 1 N–H and O–H groups in total. The third-order valence-electron chi connectivity index (χ3n) is 4.83. The lowest BCUT2D eigenvalue weighted by atomic mass is 10.1. The molecule has 8 heteroatoms. The molecule has 5 nitrogen and oxygen atoms in total. The minimum atomic E-state index is -3.65. The number of hydrogen-bond acceptors (Lipinski definition) is 4. The van der Waals surface area contributed by atoms with E-state index in [-0.39, 0.29) is 18.4 Å². The predicted octanol–water partition coefficient (Wildman–Crippen LogP) is 3.15. The maximum atomic E-state index is 12.9. The summed E-state index contributed by atoms with van der Waals surface area (Å²) in [5, 5.41) is 1.17. The van der Waals surface area contributed by atoms with Crippen molar-refractivity contribution in [1.82, 2.24) is 9.62 Å².